The number of aromatic nitrogens is 4. The number of rotatable bonds is 28. The van der Waals surface area contributed by atoms with Crippen molar-refractivity contribution in [3.63, 3.8) is 0 Å². The van der Waals surface area contributed by atoms with Crippen molar-refractivity contribution in [1.82, 2.24) is 21.3 Å². The van der Waals surface area contributed by atoms with E-state index in [9.17, 15) is 59.4 Å². The van der Waals surface area contributed by atoms with E-state index in [1.165, 1.54) is 0 Å². The van der Waals surface area contributed by atoms with E-state index in [1.807, 2.05) is 82.7 Å². The van der Waals surface area contributed by atoms with Crippen molar-refractivity contribution < 1.29 is 77.6 Å². The number of pyridine rings is 4. The second kappa shape index (κ2) is 30.9. The summed E-state index contributed by atoms with van der Waals surface area (Å²) >= 11 is 0. The van der Waals surface area contributed by atoms with Gasteiger partial charge in [-0.1, -0.05) is 104 Å². The summed E-state index contributed by atoms with van der Waals surface area (Å²) in [5.41, 5.74) is 7.39. The number of carbonyl (C=O) groups is 4. The predicted molar refractivity (Wildman–Crippen MR) is 329 cm³/mol. The van der Waals surface area contributed by atoms with Crippen molar-refractivity contribution >= 4 is 74.0 Å². The first kappa shape index (κ1) is 64.0. The maximum Gasteiger partial charge on any atom is 0.488 e. The molecule has 4 aromatic heterocycles. The summed E-state index contributed by atoms with van der Waals surface area (Å²) in [5.74, 6) is -1.77. The zero-order valence-electron chi connectivity index (χ0n) is 48.2. The van der Waals surface area contributed by atoms with Gasteiger partial charge in [-0.3, -0.25) is 19.2 Å². The topological polar surface area (TPSA) is 294 Å². The number of carbonyl (C=O) groups excluding carboxylic acids is 4. The molecule has 87 heavy (non-hydrogen) atoms. The highest BCUT2D eigenvalue weighted by atomic mass is 16.4. The molecule has 0 aliphatic rings. The average Bonchev–Trinajstić information content (AvgIpc) is 3.64. The highest BCUT2D eigenvalue weighted by Gasteiger charge is 2.27. The summed E-state index contributed by atoms with van der Waals surface area (Å²) < 4.78 is 7.30. The quantitative estimate of drug-likeness (QED) is 0.0110. The Bertz CT molecular complexity index is 3740. The zero-order chi connectivity index (χ0) is 62.0. The van der Waals surface area contributed by atoms with Crippen LogP contribution in [0.4, 0.5) is 0 Å². The first-order valence-corrected chi connectivity index (χ1v) is 28.5. The third-order valence-electron chi connectivity index (χ3n) is 14.6. The molecule has 0 bridgehead atoms. The van der Waals surface area contributed by atoms with Crippen molar-refractivity contribution in [2.24, 2.45) is 0 Å². The van der Waals surface area contributed by atoms with Gasteiger partial charge < -0.3 is 61.5 Å². The van der Waals surface area contributed by atoms with Gasteiger partial charge in [0.05, 0.1) is 22.3 Å². The van der Waals surface area contributed by atoms with Crippen LogP contribution in [-0.2, 0) is 35.8 Å². The van der Waals surface area contributed by atoms with Crippen LogP contribution in [0.1, 0.15) is 75.6 Å². The number of unbranched alkanes of at least 4 members (excludes halogenated alkanes) is 1. The van der Waals surface area contributed by atoms with E-state index in [0.717, 1.165) is 5.56 Å². The molecule has 442 valence electrons. The molecular weight excluding hydrogens is 1100 g/mol. The Hall–Kier alpha value is -8.96. The smallest absolute Gasteiger partial charge is 0.423 e. The van der Waals surface area contributed by atoms with Gasteiger partial charge in [-0.2, -0.15) is 9.13 Å². The highest BCUT2D eigenvalue weighted by Crippen LogP contribution is 2.20. The number of amides is 4. The molecule has 4 aromatic carbocycles. The van der Waals surface area contributed by atoms with Crippen LogP contribution in [0.15, 0.2) is 195 Å². The fraction of sp³-hybridized carbons (Fsp3) is 0.206. The second-order valence-corrected chi connectivity index (χ2v) is 21.2. The Morgan fingerprint density at radius 3 is 1.24 bits per heavy atom. The second-order valence-electron chi connectivity index (χ2n) is 21.2. The number of nitrogens with one attached hydrogen (secondary N) is 4. The molecular formula is C63H70B4N8O12+4. The largest absolute Gasteiger partial charge is 0.488 e. The number of hydrogen-bond donors (Lipinski definition) is 12. The average molecular weight is 1170 g/mol. The van der Waals surface area contributed by atoms with Crippen LogP contribution >= 0.6 is 0 Å². The predicted octanol–water partition coefficient (Wildman–Crippen LogP) is -2.02. The molecule has 1 atom stereocenters. The molecule has 24 heteroatoms. The summed E-state index contributed by atoms with van der Waals surface area (Å²) in [5, 5.41) is 92.8. The lowest BCUT2D eigenvalue weighted by atomic mass is 9.77. The Balaban J connectivity index is 1.02. The maximum absolute atomic E-state index is 14.6. The van der Waals surface area contributed by atoms with Gasteiger partial charge in [0, 0.05) is 59.6 Å². The maximum atomic E-state index is 14.6. The van der Waals surface area contributed by atoms with Crippen molar-refractivity contribution in [2.75, 3.05) is 19.6 Å². The highest BCUT2D eigenvalue weighted by molar-refractivity contribution is 6.60. The molecule has 0 aliphatic heterocycles. The van der Waals surface area contributed by atoms with Crippen LogP contribution in [-0.4, -0.2) is 118 Å². The summed E-state index contributed by atoms with van der Waals surface area (Å²) in [6.45, 7) is 6.79. The molecule has 8 aromatic rings. The van der Waals surface area contributed by atoms with E-state index in [0.29, 0.717) is 92.3 Å². The molecule has 4 amide bonds. The molecule has 8 rings (SSSR count). The Kier molecular flexibility index (Phi) is 22.8. The van der Waals surface area contributed by atoms with Crippen LogP contribution in [0, 0.1) is 0 Å². The molecule has 1 unspecified atom stereocenters. The fourth-order valence-electron chi connectivity index (χ4n) is 10.2. The van der Waals surface area contributed by atoms with Gasteiger partial charge in [0.1, 0.15) is 17.2 Å². The van der Waals surface area contributed by atoms with E-state index in [1.54, 1.807) is 126 Å². The molecule has 0 aliphatic carbocycles. The van der Waals surface area contributed by atoms with Crippen molar-refractivity contribution in [3.8, 4) is 22.3 Å². The van der Waals surface area contributed by atoms with E-state index in [2.05, 4.69) is 27.8 Å². The van der Waals surface area contributed by atoms with Crippen molar-refractivity contribution in [3.05, 3.63) is 229 Å². The van der Waals surface area contributed by atoms with Crippen LogP contribution in [0.5, 0.6) is 0 Å². The minimum absolute atomic E-state index is 0.125. The molecule has 0 spiro atoms. The normalized spacial score (nSPS) is 11.3. The minimum Gasteiger partial charge on any atom is -0.423 e. The summed E-state index contributed by atoms with van der Waals surface area (Å²) in [6.07, 6.45) is 15.7. The monoisotopic (exact) mass is 1170 g/mol. The van der Waals surface area contributed by atoms with Crippen molar-refractivity contribution in [1.29, 1.82) is 0 Å². The third-order valence-corrected chi connectivity index (χ3v) is 14.6. The Morgan fingerprint density at radius 2 is 0.816 bits per heavy atom. The van der Waals surface area contributed by atoms with Gasteiger partial charge >= 0.3 is 28.5 Å². The molecule has 0 saturated carbocycles. The molecule has 0 fully saturated rings. The summed E-state index contributed by atoms with van der Waals surface area (Å²) in [7, 11) is -6.84. The van der Waals surface area contributed by atoms with E-state index >= 15 is 0 Å². The van der Waals surface area contributed by atoms with Gasteiger partial charge in [0.25, 0.3) is 11.8 Å². The van der Waals surface area contributed by atoms with E-state index < -0.39 is 52.2 Å². The zero-order valence-corrected chi connectivity index (χ0v) is 48.2. The molecule has 0 radical (unpaired) electrons. The van der Waals surface area contributed by atoms with Crippen LogP contribution in [0.25, 0.3) is 22.3 Å². The van der Waals surface area contributed by atoms with Gasteiger partial charge in [-0.05, 0) is 78.7 Å². The minimum atomic E-state index is -1.77. The lowest BCUT2D eigenvalue weighted by molar-refractivity contribution is -0.689. The van der Waals surface area contributed by atoms with E-state index in [-0.39, 0.29) is 62.6 Å². The number of nitrogens with zero attached hydrogens (tertiary/aromatic N) is 4. The summed E-state index contributed by atoms with van der Waals surface area (Å²) in [6, 6.07) is 37.4. The lowest BCUT2D eigenvalue weighted by Gasteiger charge is -2.19. The first-order chi connectivity index (χ1) is 41.9. The van der Waals surface area contributed by atoms with Gasteiger partial charge in [-0.25, -0.2) is 9.13 Å². The first-order valence-electron chi connectivity index (χ1n) is 28.5. The van der Waals surface area contributed by atoms with Crippen LogP contribution in [0.3, 0.4) is 0 Å². The van der Waals surface area contributed by atoms with E-state index in [4.69, 9.17) is 0 Å². The molecule has 0 saturated heterocycles. The van der Waals surface area contributed by atoms with Crippen molar-refractivity contribution in [2.45, 2.75) is 64.8 Å². The Morgan fingerprint density at radius 1 is 0.437 bits per heavy atom. The van der Waals surface area contributed by atoms with Gasteiger partial charge in [0.15, 0.2) is 75.8 Å². The summed E-state index contributed by atoms with van der Waals surface area (Å²) in [4.78, 5) is 55.1. The standard InChI is InChI=1S/C63H66B4N8O12/c1-44(2)60(76)68-28-15-29-70-63(79)59(71-62(78)54-33-52(41-75(43-54)39-50-19-6-10-25-58(50)67(86)87)46-21-14-31-73(35-46)37-48-17-4-8-23-56(48)65(82)83)26-11-12-27-69-61(77)53-32-51(40-74(42-53)38-49-18-5-9-24-57(49)66(84)85)45-20-13-30-72(34-45)36-47-16-3-7-22-55(47)64(80)81/h3-10,13-14,16-25,30-35,40-43,59,80-87H,1,11-12,15,26-29,36-39H2,2H3/p+4. The fourth-order valence-corrected chi connectivity index (χ4v) is 10.2. The molecule has 20 nitrogen and oxygen atoms in total. The third kappa shape index (κ3) is 18.0. The molecule has 12 N–H and O–H groups in total. The number of hydrogen-bond acceptors (Lipinski definition) is 12. The molecule has 4 heterocycles. The van der Waals surface area contributed by atoms with Crippen LogP contribution < -0.4 is 61.4 Å². The Labute approximate surface area is 506 Å². The lowest BCUT2D eigenvalue weighted by Crippen LogP contribution is -2.48. The SMILES string of the molecule is C=C(C)C(=O)NCCCNC(=O)C(CCCCNC(=O)c1cc(-c2ccc[n+](Cc3ccccc3B(O)O)c2)c[n+](Cc2ccccc2B(O)O)c1)NC(=O)c1cc(-c2ccc[n+](Cc3ccccc3B(O)O)c2)c[n+](Cc2ccccc2B(O)O)c1. The van der Waals surface area contributed by atoms with Crippen LogP contribution in [0.2, 0.25) is 0 Å². The van der Waals surface area contributed by atoms with Gasteiger partial charge in [-0.15, -0.1) is 0 Å². The number of benzene rings is 4. The van der Waals surface area contributed by atoms with Gasteiger partial charge in [0.2, 0.25) is 11.8 Å².